The summed E-state index contributed by atoms with van der Waals surface area (Å²) in [7, 11) is -9.89. The molecule has 88 heavy (non-hydrogen) atoms. The van der Waals surface area contributed by atoms with Crippen LogP contribution < -0.4 is 0 Å². The van der Waals surface area contributed by atoms with Gasteiger partial charge in [0.05, 0.1) is 26.4 Å². The number of unbranched alkanes of at least 4 members (excludes halogenated alkanes) is 41. The molecule has 0 radical (unpaired) electrons. The summed E-state index contributed by atoms with van der Waals surface area (Å²) in [5.41, 5.74) is 0. The van der Waals surface area contributed by atoms with Crippen molar-refractivity contribution in [2.75, 3.05) is 39.6 Å². The summed E-state index contributed by atoms with van der Waals surface area (Å²) in [6, 6.07) is 0. The van der Waals surface area contributed by atoms with Crippen molar-refractivity contribution in [2.45, 2.75) is 374 Å². The lowest BCUT2D eigenvalue weighted by atomic mass is 10.0. The van der Waals surface area contributed by atoms with Crippen LogP contribution in [0.1, 0.15) is 356 Å². The van der Waals surface area contributed by atoms with Crippen molar-refractivity contribution in [3.63, 3.8) is 0 Å². The Hall–Kier alpha value is -1.94. The highest BCUT2D eigenvalue weighted by Crippen LogP contribution is 2.45. The van der Waals surface area contributed by atoms with E-state index in [1.54, 1.807) is 0 Å². The molecule has 0 rings (SSSR count). The second kappa shape index (κ2) is 62.5. The van der Waals surface area contributed by atoms with Crippen molar-refractivity contribution < 1.29 is 80.2 Å². The van der Waals surface area contributed by atoms with Gasteiger partial charge in [0, 0.05) is 25.7 Å². The number of hydrogen-bond donors (Lipinski definition) is 3. The lowest BCUT2D eigenvalue weighted by Crippen LogP contribution is -2.30. The second-order valence-electron chi connectivity index (χ2n) is 25.4. The summed E-state index contributed by atoms with van der Waals surface area (Å²) in [4.78, 5) is 72.2. The lowest BCUT2D eigenvalue weighted by molar-refractivity contribution is -0.161. The molecule has 0 bridgehead atoms. The molecule has 0 aliphatic heterocycles. The first kappa shape index (κ1) is 86.1. The standard InChI is InChI=1S/C69H134O17P2/c1-6-9-12-15-17-19-21-25-30-34-38-43-48-53-67(72)80-59-65(86-69(74)55-50-45-40-36-32-28-24-23-27-29-33-37-42-46-51-62(4)5)61-84-88(77,78)82-57-63(70)56-81-87(75,76)83-60-64(58-79-66(71)52-47-41-14-11-8-3)85-68(73)54-49-44-39-35-31-26-22-20-18-16-13-10-7-2/h62-65,70H,6-61H2,1-5H3,(H,75,76)(H,77,78)/t63-,64+,65+/m0/s1. The lowest BCUT2D eigenvalue weighted by Gasteiger charge is -2.21. The first-order valence-electron chi connectivity index (χ1n) is 36.1. The number of rotatable bonds is 69. The Morgan fingerprint density at radius 3 is 0.773 bits per heavy atom. The number of aliphatic hydroxyl groups is 1. The van der Waals surface area contributed by atoms with Crippen LogP contribution in [0.15, 0.2) is 0 Å². The molecule has 19 heteroatoms. The largest absolute Gasteiger partial charge is 0.472 e. The minimum atomic E-state index is -4.95. The second-order valence-corrected chi connectivity index (χ2v) is 28.3. The summed E-state index contributed by atoms with van der Waals surface area (Å²) in [5, 5.41) is 10.6. The summed E-state index contributed by atoms with van der Waals surface area (Å²) in [6.07, 6.45) is 48.8. The van der Waals surface area contributed by atoms with E-state index in [9.17, 15) is 43.2 Å². The predicted molar refractivity (Wildman–Crippen MR) is 354 cm³/mol. The summed E-state index contributed by atoms with van der Waals surface area (Å²) in [6.45, 7) is 7.18. The summed E-state index contributed by atoms with van der Waals surface area (Å²) >= 11 is 0. The fourth-order valence-corrected chi connectivity index (χ4v) is 12.0. The topological polar surface area (TPSA) is 237 Å². The number of aliphatic hydroxyl groups excluding tert-OH is 1. The maximum absolute atomic E-state index is 13.0. The van der Waals surface area contributed by atoms with E-state index in [0.29, 0.717) is 25.7 Å². The van der Waals surface area contributed by atoms with Crippen LogP contribution in [0.3, 0.4) is 0 Å². The van der Waals surface area contributed by atoms with Crippen LogP contribution in [0, 0.1) is 5.92 Å². The first-order chi connectivity index (χ1) is 42.5. The molecule has 522 valence electrons. The summed E-state index contributed by atoms with van der Waals surface area (Å²) < 4.78 is 68.1. The zero-order chi connectivity index (χ0) is 64.9. The van der Waals surface area contributed by atoms with E-state index in [2.05, 4.69) is 34.6 Å². The maximum atomic E-state index is 13.0. The van der Waals surface area contributed by atoms with Crippen molar-refractivity contribution in [1.82, 2.24) is 0 Å². The Labute approximate surface area is 537 Å². The third-order valence-electron chi connectivity index (χ3n) is 16.0. The molecule has 0 amide bonds. The number of hydrogen-bond acceptors (Lipinski definition) is 15. The number of carbonyl (C=O) groups is 4. The number of esters is 4. The third kappa shape index (κ3) is 62.8. The Bertz CT molecular complexity index is 1700. The third-order valence-corrected chi connectivity index (χ3v) is 17.9. The van der Waals surface area contributed by atoms with Gasteiger partial charge in [-0.1, -0.05) is 304 Å². The summed E-state index contributed by atoms with van der Waals surface area (Å²) in [5.74, 6) is -1.34. The Morgan fingerprint density at radius 2 is 0.523 bits per heavy atom. The molecule has 0 aromatic rings. The van der Waals surface area contributed by atoms with Gasteiger partial charge in [0.1, 0.15) is 19.3 Å². The number of ether oxygens (including phenoxy) is 4. The van der Waals surface area contributed by atoms with Gasteiger partial charge in [0.15, 0.2) is 12.2 Å². The zero-order valence-corrected chi connectivity index (χ0v) is 58.6. The Kier molecular flexibility index (Phi) is 61.1. The molecule has 0 aromatic heterocycles. The average molecular weight is 1300 g/mol. The molecule has 0 aliphatic rings. The highest BCUT2D eigenvalue weighted by molar-refractivity contribution is 7.47. The van der Waals surface area contributed by atoms with E-state index in [1.807, 2.05) is 0 Å². The molecule has 0 spiro atoms. The monoisotopic (exact) mass is 1300 g/mol. The van der Waals surface area contributed by atoms with Crippen LogP contribution in [-0.2, 0) is 65.4 Å². The van der Waals surface area contributed by atoms with Gasteiger partial charge in [0.25, 0.3) is 0 Å². The molecule has 2 unspecified atom stereocenters. The van der Waals surface area contributed by atoms with Gasteiger partial charge in [-0.2, -0.15) is 0 Å². The molecule has 3 N–H and O–H groups in total. The van der Waals surface area contributed by atoms with E-state index in [4.69, 9.17) is 37.0 Å². The SMILES string of the molecule is CCCCCCCCCCCCCCCC(=O)OC[C@H](COP(=O)(O)OC[C@@H](O)COP(=O)(O)OC[C@@H](COC(=O)CCCCCCC)OC(=O)CCCCCCCCCCCCCCC)OC(=O)CCCCCCCCCCCCCCCCC(C)C. The smallest absolute Gasteiger partial charge is 0.462 e. The van der Waals surface area contributed by atoms with Gasteiger partial charge < -0.3 is 33.8 Å². The van der Waals surface area contributed by atoms with Gasteiger partial charge in [0.2, 0.25) is 0 Å². The Morgan fingerprint density at radius 1 is 0.307 bits per heavy atom. The van der Waals surface area contributed by atoms with Crippen molar-refractivity contribution in [2.24, 2.45) is 5.92 Å². The van der Waals surface area contributed by atoms with E-state index < -0.39 is 97.5 Å². The van der Waals surface area contributed by atoms with E-state index in [1.165, 1.54) is 173 Å². The highest BCUT2D eigenvalue weighted by atomic mass is 31.2. The van der Waals surface area contributed by atoms with Crippen molar-refractivity contribution >= 4 is 39.5 Å². The van der Waals surface area contributed by atoms with Gasteiger partial charge in [-0.15, -0.1) is 0 Å². The van der Waals surface area contributed by atoms with Crippen LogP contribution in [0.5, 0.6) is 0 Å². The molecule has 0 aromatic carbocycles. The van der Waals surface area contributed by atoms with Gasteiger partial charge in [-0.3, -0.25) is 37.3 Å². The molecule has 5 atom stereocenters. The van der Waals surface area contributed by atoms with Crippen molar-refractivity contribution in [3.05, 3.63) is 0 Å². The molecular formula is C69H134O17P2. The molecular weight excluding hydrogens is 1160 g/mol. The average Bonchev–Trinajstić information content (AvgIpc) is 3.59. The van der Waals surface area contributed by atoms with Crippen LogP contribution in [0.4, 0.5) is 0 Å². The molecule has 0 fully saturated rings. The first-order valence-corrected chi connectivity index (χ1v) is 39.1. The van der Waals surface area contributed by atoms with E-state index in [-0.39, 0.29) is 25.7 Å². The molecule has 0 aliphatic carbocycles. The fourth-order valence-electron chi connectivity index (χ4n) is 10.5. The van der Waals surface area contributed by atoms with Crippen LogP contribution >= 0.6 is 15.6 Å². The fraction of sp³-hybridized carbons (Fsp3) is 0.942. The molecule has 17 nitrogen and oxygen atoms in total. The van der Waals surface area contributed by atoms with Crippen LogP contribution in [-0.4, -0.2) is 96.7 Å². The van der Waals surface area contributed by atoms with Crippen molar-refractivity contribution in [3.8, 4) is 0 Å². The minimum Gasteiger partial charge on any atom is -0.462 e. The van der Waals surface area contributed by atoms with E-state index >= 15 is 0 Å². The Balaban J connectivity index is 5.15. The van der Waals surface area contributed by atoms with Gasteiger partial charge in [-0.25, -0.2) is 9.13 Å². The predicted octanol–water partition coefficient (Wildman–Crippen LogP) is 19.7. The van der Waals surface area contributed by atoms with E-state index in [0.717, 1.165) is 102 Å². The van der Waals surface area contributed by atoms with Crippen LogP contribution in [0.2, 0.25) is 0 Å². The van der Waals surface area contributed by atoms with Crippen LogP contribution in [0.25, 0.3) is 0 Å². The van der Waals surface area contributed by atoms with Gasteiger partial charge >= 0.3 is 39.5 Å². The number of phosphoric acid groups is 2. The normalized spacial score (nSPS) is 14.1. The molecule has 0 heterocycles. The van der Waals surface area contributed by atoms with Gasteiger partial charge in [-0.05, 0) is 31.6 Å². The minimum absolute atomic E-state index is 0.107. The highest BCUT2D eigenvalue weighted by Gasteiger charge is 2.30. The molecule has 0 saturated heterocycles. The van der Waals surface area contributed by atoms with Crippen molar-refractivity contribution in [1.29, 1.82) is 0 Å². The zero-order valence-electron chi connectivity index (χ0n) is 56.9. The molecule has 0 saturated carbocycles. The number of carbonyl (C=O) groups excluding carboxylic acids is 4. The maximum Gasteiger partial charge on any atom is 0.472 e. The quantitative estimate of drug-likeness (QED) is 0.0222. The number of phosphoric ester groups is 2.